The standard InChI is InChI=1S/C13H20N2O2S/c1-10(12-5-3-7-18-12)15-13(16)9-14-8-11-4-2-6-17-11/h3,5,7,10-11,14H,2,4,6,8-9H2,1H3,(H,15,16). The Morgan fingerprint density at radius 3 is 3.22 bits per heavy atom. The van der Waals surface area contributed by atoms with E-state index in [1.165, 1.54) is 4.88 Å². The van der Waals surface area contributed by atoms with Crippen LogP contribution in [-0.2, 0) is 9.53 Å². The second-order valence-electron chi connectivity index (χ2n) is 4.57. The minimum atomic E-state index is 0.0360. The fourth-order valence-corrected chi connectivity index (χ4v) is 2.79. The molecular formula is C13H20N2O2S. The molecule has 2 rings (SSSR count). The van der Waals surface area contributed by atoms with Crippen LogP contribution in [0.15, 0.2) is 17.5 Å². The van der Waals surface area contributed by atoms with Crippen molar-refractivity contribution < 1.29 is 9.53 Å². The molecule has 1 aromatic heterocycles. The molecule has 1 amide bonds. The van der Waals surface area contributed by atoms with Gasteiger partial charge in [0.05, 0.1) is 18.7 Å². The van der Waals surface area contributed by atoms with E-state index >= 15 is 0 Å². The van der Waals surface area contributed by atoms with E-state index in [1.807, 2.05) is 24.4 Å². The molecule has 1 saturated heterocycles. The molecule has 0 aromatic carbocycles. The predicted octanol–water partition coefficient (Wildman–Crippen LogP) is 1.69. The van der Waals surface area contributed by atoms with Crippen molar-refractivity contribution >= 4 is 17.2 Å². The number of carbonyl (C=O) groups is 1. The Morgan fingerprint density at radius 2 is 2.56 bits per heavy atom. The van der Waals surface area contributed by atoms with Gasteiger partial charge in [-0.3, -0.25) is 4.79 Å². The second kappa shape index (κ2) is 6.87. The SMILES string of the molecule is CC(NC(=O)CNCC1CCCO1)c1cccs1. The number of hydrogen-bond acceptors (Lipinski definition) is 4. The molecule has 0 radical (unpaired) electrons. The molecule has 2 heterocycles. The van der Waals surface area contributed by atoms with E-state index < -0.39 is 0 Å². The smallest absolute Gasteiger partial charge is 0.234 e. The summed E-state index contributed by atoms with van der Waals surface area (Å²) in [7, 11) is 0. The van der Waals surface area contributed by atoms with Crippen molar-refractivity contribution in [2.45, 2.75) is 31.9 Å². The first-order valence-electron chi connectivity index (χ1n) is 6.41. The molecule has 0 spiro atoms. The van der Waals surface area contributed by atoms with E-state index in [0.29, 0.717) is 6.54 Å². The van der Waals surface area contributed by atoms with Crippen molar-refractivity contribution in [3.8, 4) is 0 Å². The molecule has 1 aromatic rings. The summed E-state index contributed by atoms with van der Waals surface area (Å²) in [5.74, 6) is 0.0360. The fraction of sp³-hybridized carbons (Fsp3) is 0.615. The van der Waals surface area contributed by atoms with Gasteiger partial charge < -0.3 is 15.4 Å². The molecule has 100 valence electrons. The van der Waals surface area contributed by atoms with Crippen LogP contribution in [0.3, 0.4) is 0 Å². The highest BCUT2D eigenvalue weighted by atomic mass is 32.1. The van der Waals surface area contributed by atoms with Crippen LogP contribution in [0.25, 0.3) is 0 Å². The molecule has 2 N–H and O–H groups in total. The van der Waals surface area contributed by atoms with E-state index in [0.717, 1.165) is 26.0 Å². The number of amides is 1. The Bertz CT molecular complexity index is 361. The lowest BCUT2D eigenvalue weighted by molar-refractivity contribution is -0.120. The summed E-state index contributed by atoms with van der Waals surface area (Å²) in [4.78, 5) is 12.9. The average molecular weight is 268 g/mol. The summed E-state index contributed by atoms with van der Waals surface area (Å²) in [5, 5.41) is 8.14. The zero-order valence-corrected chi connectivity index (χ0v) is 11.5. The summed E-state index contributed by atoms with van der Waals surface area (Å²) >= 11 is 1.66. The summed E-state index contributed by atoms with van der Waals surface area (Å²) in [5.41, 5.74) is 0. The van der Waals surface area contributed by atoms with Crippen LogP contribution < -0.4 is 10.6 Å². The molecule has 0 saturated carbocycles. The maximum atomic E-state index is 11.7. The lowest BCUT2D eigenvalue weighted by Gasteiger charge is -2.14. The van der Waals surface area contributed by atoms with E-state index in [9.17, 15) is 4.79 Å². The van der Waals surface area contributed by atoms with Crippen LogP contribution in [0, 0.1) is 0 Å². The minimum absolute atomic E-state index is 0.0360. The van der Waals surface area contributed by atoms with Crippen molar-refractivity contribution in [2.24, 2.45) is 0 Å². The molecule has 5 heteroatoms. The quantitative estimate of drug-likeness (QED) is 0.825. The third-order valence-corrected chi connectivity index (χ3v) is 4.08. The van der Waals surface area contributed by atoms with Gasteiger partial charge >= 0.3 is 0 Å². The molecule has 1 aliphatic rings. The third-order valence-electron chi connectivity index (χ3n) is 3.03. The molecule has 2 atom stereocenters. The second-order valence-corrected chi connectivity index (χ2v) is 5.55. The Labute approximate surface area is 112 Å². The van der Waals surface area contributed by atoms with Gasteiger partial charge in [-0.1, -0.05) is 6.07 Å². The van der Waals surface area contributed by atoms with E-state index in [1.54, 1.807) is 11.3 Å². The number of ether oxygens (including phenoxy) is 1. The van der Waals surface area contributed by atoms with Gasteiger partial charge in [-0.05, 0) is 31.2 Å². The summed E-state index contributed by atoms with van der Waals surface area (Å²) in [6.07, 6.45) is 2.52. The average Bonchev–Trinajstić information content (AvgIpc) is 3.02. The lowest BCUT2D eigenvalue weighted by Crippen LogP contribution is -2.38. The van der Waals surface area contributed by atoms with Gasteiger partial charge in [-0.2, -0.15) is 0 Å². The van der Waals surface area contributed by atoms with Crippen LogP contribution in [0.2, 0.25) is 0 Å². The van der Waals surface area contributed by atoms with Gasteiger partial charge in [0.2, 0.25) is 5.91 Å². The highest BCUT2D eigenvalue weighted by Gasteiger charge is 2.15. The van der Waals surface area contributed by atoms with Gasteiger partial charge in [-0.15, -0.1) is 11.3 Å². The number of rotatable bonds is 6. The van der Waals surface area contributed by atoms with Gasteiger partial charge in [0.25, 0.3) is 0 Å². The van der Waals surface area contributed by atoms with Gasteiger partial charge in [-0.25, -0.2) is 0 Å². The van der Waals surface area contributed by atoms with E-state index in [2.05, 4.69) is 10.6 Å². The largest absolute Gasteiger partial charge is 0.377 e. The number of thiophene rings is 1. The van der Waals surface area contributed by atoms with Crippen molar-refractivity contribution in [3.05, 3.63) is 22.4 Å². The van der Waals surface area contributed by atoms with Gasteiger partial charge in [0.1, 0.15) is 0 Å². The highest BCUT2D eigenvalue weighted by molar-refractivity contribution is 7.10. The van der Waals surface area contributed by atoms with Gasteiger partial charge in [0.15, 0.2) is 0 Å². The third kappa shape index (κ3) is 4.08. The Balaban J connectivity index is 1.62. The number of hydrogen-bond donors (Lipinski definition) is 2. The molecule has 0 bridgehead atoms. The van der Waals surface area contributed by atoms with Crippen LogP contribution in [0.4, 0.5) is 0 Å². The molecule has 1 aliphatic heterocycles. The number of nitrogens with one attached hydrogen (secondary N) is 2. The summed E-state index contributed by atoms with van der Waals surface area (Å²) in [6, 6.07) is 4.12. The van der Waals surface area contributed by atoms with Gasteiger partial charge in [0, 0.05) is 18.0 Å². The first-order chi connectivity index (χ1) is 8.75. The van der Waals surface area contributed by atoms with Crippen molar-refractivity contribution in [3.63, 3.8) is 0 Å². The van der Waals surface area contributed by atoms with Crippen LogP contribution >= 0.6 is 11.3 Å². The lowest BCUT2D eigenvalue weighted by atomic mass is 10.2. The molecule has 2 unspecified atom stereocenters. The maximum absolute atomic E-state index is 11.7. The summed E-state index contributed by atoms with van der Waals surface area (Å²) in [6.45, 7) is 3.98. The van der Waals surface area contributed by atoms with Crippen molar-refractivity contribution in [1.82, 2.24) is 10.6 Å². The first-order valence-corrected chi connectivity index (χ1v) is 7.29. The monoisotopic (exact) mass is 268 g/mol. The van der Waals surface area contributed by atoms with Crippen LogP contribution in [-0.4, -0.2) is 31.7 Å². The van der Waals surface area contributed by atoms with E-state index in [-0.39, 0.29) is 18.1 Å². The van der Waals surface area contributed by atoms with Crippen molar-refractivity contribution in [1.29, 1.82) is 0 Å². The molecule has 0 aliphatic carbocycles. The first kappa shape index (κ1) is 13.5. The molecule has 1 fully saturated rings. The Morgan fingerprint density at radius 1 is 1.67 bits per heavy atom. The Kier molecular flexibility index (Phi) is 5.16. The molecular weight excluding hydrogens is 248 g/mol. The molecule has 4 nitrogen and oxygen atoms in total. The maximum Gasteiger partial charge on any atom is 0.234 e. The van der Waals surface area contributed by atoms with Crippen LogP contribution in [0.5, 0.6) is 0 Å². The zero-order chi connectivity index (χ0) is 12.8. The minimum Gasteiger partial charge on any atom is -0.377 e. The predicted molar refractivity (Wildman–Crippen MR) is 72.7 cm³/mol. The Hall–Kier alpha value is -0.910. The fourth-order valence-electron chi connectivity index (χ4n) is 2.05. The normalized spacial score (nSPS) is 20.8. The topological polar surface area (TPSA) is 50.4 Å². The number of carbonyl (C=O) groups excluding carboxylic acids is 1. The van der Waals surface area contributed by atoms with Crippen molar-refractivity contribution in [2.75, 3.05) is 19.7 Å². The zero-order valence-electron chi connectivity index (χ0n) is 10.6. The van der Waals surface area contributed by atoms with E-state index in [4.69, 9.17) is 4.74 Å². The summed E-state index contributed by atoms with van der Waals surface area (Å²) < 4.78 is 5.48. The van der Waals surface area contributed by atoms with Crippen LogP contribution in [0.1, 0.15) is 30.7 Å². The molecule has 18 heavy (non-hydrogen) atoms. The highest BCUT2D eigenvalue weighted by Crippen LogP contribution is 2.17.